The molecule has 7 nitrogen and oxygen atoms in total. The van der Waals surface area contributed by atoms with Crippen LogP contribution < -0.4 is 4.72 Å². The number of piperazine rings is 1. The van der Waals surface area contributed by atoms with Gasteiger partial charge in [0.05, 0.1) is 5.52 Å². The second kappa shape index (κ2) is 10.2. The normalized spacial score (nSPS) is 15.8. The van der Waals surface area contributed by atoms with Crippen molar-refractivity contribution in [2.24, 2.45) is 0 Å². The van der Waals surface area contributed by atoms with Crippen molar-refractivity contribution in [2.45, 2.75) is 11.4 Å². The summed E-state index contributed by atoms with van der Waals surface area (Å²) in [7, 11) is -3.91. The number of amides is 1. The number of para-hydroxylation sites is 1. The predicted molar refractivity (Wildman–Crippen MR) is 137 cm³/mol. The Bertz CT molecular complexity index is 1570. The van der Waals surface area contributed by atoms with Gasteiger partial charge >= 0.3 is 0 Å². The van der Waals surface area contributed by atoms with E-state index in [2.05, 4.69) is 9.71 Å². The molecule has 0 bridgehead atoms. The van der Waals surface area contributed by atoms with E-state index in [0.29, 0.717) is 48.3 Å². The van der Waals surface area contributed by atoms with Crippen LogP contribution in [-0.2, 0) is 16.5 Å². The summed E-state index contributed by atoms with van der Waals surface area (Å²) in [4.78, 5) is 20.7. The number of anilines is 1. The molecule has 1 atom stereocenters. The van der Waals surface area contributed by atoms with Gasteiger partial charge in [-0.15, -0.1) is 0 Å². The molecule has 1 saturated heterocycles. The summed E-state index contributed by atoms with van der Waals surface area (Å²) in [5.41, 5.74) is 1.28. The molecule has 5 rings (SSSR count). The zero-order chi connectivity index (χ0) is 26.9. The number of rotatable bonds is 6. The largest absolute Gasteiger partial charge is 0.336 e. The van der Waals surface area contributed by atoms with Crippen LogP contribution in [0, 0.1) is 11.6 Å². The Kier molecular flexibility index (Phi) is 6.50. The van der Waals surface area contributed by atoms with Crippen molar-refractivity contribution in [3.05, 3.63) is 102 Å². The van der Waals surface area contributed by atoms with Crippen LogP contribution in [0.25, 0.3) is 10.9 Å². The van der Waals surface area contributed by atoms with Gasteiger partial charge in [0, 0.05) is 63.0 Å². The average molecular weight is 524 g/mol. The van der Waals surface area contributed by atoms with E-state index < -0.39 is 28.2 Å². The zero-order valence-corrected chi connectivity index (χ0v) is 20.5. The first kappa shape index (κ1) is 23.5. The Hall–Kier alpha value is -3.89. The first-order valence-corrected chi connectivity index (χ1v) is 13.1. The molecule has 37 heavy (non-hydrogen) atoms. The van der Waals surface area contributed by atoms with E-state index in [-0.39, 0.29) is 16.4 Å². The van der Waals surface area contributed by atoms with Crippen molar-refractivity contribution in [3.63, 3.8) is 0 Å². The Balaban J connectivity index is 1.23. The van der Waals surface area contributed by atoms with Crippen LogP contribution in [0.3, 0.4) is 0 Å². The summed E-state index contributed by atoms with van der Waals surface area (Å²) in [6, 6.07) is 17.7. The van der Waals surface area contributed by atoms with Crippen LogP contribution in [0.15, 0.2) is 83.9 Å². The smallest absolute Gasteiger partial charge is 0.264 e. The van der Waals surface area contributed by atoms with Crippen LogP contribution in [0.4, 0.5) is 14.5 Å². The molecule has 0 radical (unpaired) electrons. The maximum atomic E-state index is 13.5. The van der Waals surface area contributed by atoms with Crippen molar-refractivity contribution >= 4 is 32.5 Å². The second-order valence-electron chi connectivity index (χ2n) is 8.67. The minimum absolute atomic E-state index is 0.0577. The lowest BCUT2D eigenvalue weighted by Gasteiger charge is -2.34. The second-order valence-corrected chi connectivity index (χ2v) is 10.3. The maximum Gasteiger partial charge on any atom is 0.264 e. The van der Waals surface area contributed by atoms with Gasteiger partial charge in [0.1, 0.15) is 16.5 Å². The van der Waals surface area contributed by atoms with Crippen molar-refractivity contribution in [1.82, 2.24) is 14.8 Å². The molecule has 1 aromatic heterocycles. The van der Waals surface area contributed by atoms with E-state index in [4.69, 9.17) is 1.37 Å². The van der Waals surface area contributed by atoms with Gasteiger partial charge in [0.25, 0.3) is 15.9 Å². The van der Waals surface area contributed by atoms with Crippen LogP contribution in [0.1, 0.15) is 17.3 Å². The van der Waals surface area contributed by atoms with E-state index in [1.54, 1.807) is 46.2 Å². The van der Waals surface area contributed by atoms with Gasteiger partial charge in [-0.1, -0.05) is 18.2 Å². The summed E-state index contributed by atoms with van der Waals surface area (Å²) >= 11 is 0. The van der Waals surface area contributed by atoms with E-state index in [1.165, 1.54) is 24.4 Å². The number of fused-ring (bicyclic) bond motifs is 1. The minimum atomic E-state index is -3.91. The van der Waals surface area contributed by atoms with Crippen molar-refractivity contribution in [1.29, 1.82) is 0 Å². The van der Waals surface area contributed by atoms with Gasteiger partial charge in [-0.05, 0) is 54.1 Å². The minimum Gasteiger partial charge on any atom is -0.336 e. The highest BCUT2D eigenvalue weighted by molar-refractivity contribution is 7.93. The molecule has 0 spiro atoms. The molecular weight excluding hydrogens is 498 g/mol. The summed E-state index contributed by atoms with van der Waals surface area (Å²) in [5.74, 6) is -1.69. The van der Waals surface area contributed by atoms with Crippen LogP contribution in [0.2, 0.25) is 0 Å². The van der Waals surface area contributed by atoms with E-state index in [1.807, 2.05) is 0 Å². The number of hydrogen-bond acceptors (Lipinski definition) is 5. The Morgan fingerprint density at radius 2 is 1.62 bits per heavy atom. The molecule has 0 saturated carbocycles. The number of pyridine rings is 1. The third-order valence-corrected chi connectivity index (χ3v) is 7.50. The maximum absolute atomic E-state index is 13.5. The zero-order valence-electron chi connectivity index (χ0n) is 20.6. The number of nitrogens with one attached hydrogen (secondary N) is 1. The molecule has 2 heterocycles. The molecule has 1 amide bonds. The molecule has 1 aliphatic heterocycles. The molecule has 1 unspecified atom stereocenters. The SMILES string of the molecule is [2H]C(c1cc(F)cc(F)c1)N1CCN(C(=O)c2ccc(NS(=O)(=O)c3cccc4cccnc34)cc2)CC1. The number of aromatic nitrogens is 1. The third-order valence-electron chi connectivity index (χ3n) is 6.09. The fraction of sp³-hybridized carbons (Fsp3) is 0.185. The Labute approximate surface area is 214 Å². The van der Waals surface area contributed by atoms with Gasteiger partial charge < -0.3 is 4.90 Å². The molecule has 3 aromatic carbocycles. The topological polar surface area (TPSA) is 82.6 Å². The third kappa shape index (κ3) is 5.60. The molecule has 1 fully saturated rings. The van der Waals surface area contributed by atoms with Crippen LogP contribution >= 0.6 is 0 Å². The molecule has 10 heteroatoms. The number of nitrogens with zero attached hydrogens (tertiary/aromatic N) is 3. The Morgan fingerprint density at radius 3 is 2.32 bits per heavy atom. The molecular formula is C27H24F2N4O3S. The average Bonchev–Trinajstić information content (AvgIpc) is 2.91. The highest BCUT2D eigenvalue weighted by Gasteiger charge is 2.23. The van der Waals surface area contributed by atoms with Crippen molar-refractivity contribution < 1.29 is 23.4 Å². The standard InChI is InChI=1S/C27H24F2N4O3S/c28-22-15-19(16-23(29)17-22)18-32-11-13-33(14-12-32)27(34)21-6-8-24(9-7-21)31-37(35,36)25-5-1-3-20-4-2-10-30-26(20)25/h1-10,15-17,31H,11-14,18H2/i18D. The lowest BCUT2D eigenvalue weighted by atomic mass is 10.1. The first-order chi connectivity index (χ1) is 18.2. The summed E-state index contributed by atoms with van der Waals surface area (Å²) in [6.07, 6.45) is 1.53. The predicted octanol–water partition coefficient (Wildman–Crippen LogP) is 4.27. The van der Waals surface area contributed by atoms with E-state index >= 15 is 0 Å². The molecule has 0 aliphatic carbocycles. The summed E-state index contributed by atoms with van der Waals surface area (Å²) < 4.78 is 64.0. The quantitative estimate of drug-likeness (QED) is 0.408. The highest BCUT2D eigenvalue weighted by Crippen LogP contribution is 2.24. The van der Waals surface area contributed by atoms with Crippen LogP contribution in [0.5, 0.6) is 0 Å². The van der Waals surface area contributed by atoms with Crippen LogP contribution in [-0.4, -0.2) is 55.3 Å². The van der Waals surface area contributed by atoms with Gasteiger partial charge in [-0.2, -0.15) is 0 Å². The van der Waals surface area contributed by atoms with Crippen molar-refractivity contribution in [3.8, 4) is 0 Å². The summed E-state index contributed by atoms with van der Waals surface area (Å²) in [6.45, 7) is 0.481. The van der Waals surface area contributed by atoms with Gasteiger partial charge in [0.2, 0.25) is 0 Å². The highest BCUT2D eigenvalue weighted by atomic mass is 32.2. The number of halogens is 2. The molecule has 190 valence electrons. The fourth-order valence-electron chi connectivity index (χ4n) is 4.28. The molecule has 1 aliphatic rings. The van der Waals surface area contributed by atoms with Gasteiger partial charge in [-0.25, -0.2) is 17.2 Å². The lowest BCUT2D eigenvalue weighted by Crippen LogP contribution is -2.48. The van der Waals surface area contributed by atoms with E-state index in [0.717, 1.165) is 18.2 Å². The number of carbonyl (C=O) groups excluding carboxylic acids is 1. The van der Waals surface area contributed by atoms with Gasteiger partial charge in [0.15, 0.2) is 0 Å². The number of hydrogen-bond donors (Lipinski definition) is 1. The number of carbonyl (C=O) groups is 1. The van der Waals surface area contributed by atoms with E-state index in [9.17, 15) is 22.0 Å². The van der Waals surface area contributed by atoms with Crippen molar-refractivity contribution in [2.75, 3.05) is 30.9 Å². The Morgan fingerprint density at radius 1 is 0.946 bits per heavy atom. The summed E-state index contributed by atoms with van der Waals surface area (Å²) in [5, 5.41) is 0.705. The first-order valence-electron chi connectivity index (χ1n) is 12.2. The monoisotopic (exact) mass is 523 g/mol. The lowest BCUT2D eigenvalue weighted by molar-refractivity contribution is 0.0628. The molecule has 1 N–H and O–H groups in total. The molecule has 4 aromatic rings. The number of benzene rings is 3. The fourth-order valence-corrected chi connectivity index (χ4v) is 5.52. The number of sulfonamides is 1. The van der Waals surface area contributed by atoms with Gasteiger partial charge in [-0.3, -0.25) is 19.4 Å².